The van der Waals surface area contributed by atoms with Crippen molar-refractivity contribution in [3.05, 3.63) is 221 Å². The molecule has 135 heavy (non-hydrogen) atoms. The van der Waals surface area contributed by atoms with E-state index < -0.39 is 39.8 Å². The van der Waals surface area contributed by atoms with Crippen LogP contribution in [0.15, 0.2) is 173 Å². The second-order valence-corrected chi connectivity index (χ2v) is 34.2. The Morgan fingerprint density at radius 3 is 1.63 bits per heavy atom. The topological polar surface area (TPSA) is 372 Å². The van der Waals surface area contributed by atoms with Crippen molar-refractivity contribution in [2.75, 3.05) is 183 Å². The minimum Gasteiger partial charge on any atom is -1.00 e. The van der Waals surface area contributed by atoms with E-state index >= 15 is 8.78 Å². The summed E-state index contributed by atoms with van der Waals surface area (Å²) >= 11 is 20.2. The van der Waals surface area contributed by atoms with Gasteiger partial charge in [0.05, 0.1) is 114 Å². The molecule has 36 nitrogen and oxygen atoms in total. The third kappa shape index (κ3) is 23.2. The van der Waals surface area contributed by atoms with Crippen molar-refractivity contribution in [3.8, 4) is 56.8 Å². The number of ether oxygens (including phenoxy) is 6. The van der Waals surface area contributed by atoms with Crippen LogP contribution in [0.25, 0.3) is 44.1 Å². The van der Waals surface area contributed by atoms with E-state index in [9.17, 15) is 38.9 Å². The number of fused-ring (bicyclic) bond motifs is 3. The van der Waals surface area contributed by atoms with Crippen molar-refractivity contribution >= 4 is 127 Å². The highest BCUT2D eigenvalue weighted by atomic mass is 79.9. The standard InChI is InChI=1S/C32H35ClN6O4.C31H33F2N7O4.C30H36Cl2N9O6.BrH/c1-37(2)13-7-9-30(40)38-14-10-22(11-15-38)39-26-19-29(36-28-8-5-6-12-34-28)35-20-21(26)16-25(32(39)41)24-17-23(42-3)18-27(43-4)31(24)33;1-38(2)11-5-6-27(41)39-12-8-20(9-13-39)40-22-15-26(37-25-7-10-34-18-36-25)35-17-19(22)14-21(31(40)42)28-29(32)23(43-3)16-24(44-4)30(28)33;1-33-29-35-14-19-15-38(26-24(31)21(46-4)13-22(47-5)25(26)32)30(43)39(28(19)36-29)20-9-11-37(16-20)23(42)7-6-12-41(2,3)17-18-8-10-34-27(18)40(44)45;/h5-9,12,16-20,22H,10-11,13-15H2,1-4H3,(H,34,35,36);5-7,10,14-18,20H,8-9,11-13H2,1-4H3,(H,34,35,36,37);6-7,10,13-14,20H,8-9,11-12,15-17H2,1-5H3,(H,33,35,36);1H/q;;+1;/p-1/b9-7+;6-5+;7-6+;/t;;20-;/m..0./s1. The molecule has 0 spiro atoms. The zero-order chi connectivity index (χ0) is 95.9. The van der Waals surface area contributed by atoms with E-state index in [4.69, 9.17) is 63.2 Å². The van der Waals surface area contributed by atoms with Gasteiger partial charge in [0, 0.05) is 185 Å². The molecule has 0 saturated carbocycles. The lowest BCUT2D eigenvalue weighted by Gasteiger charge is -2.39. The molecular formula is C93H104BrCl3F2N22O14. The zero-order valence-corrected chi connectivity index (χ0v) is 80.5. The summed E-state index contributed by atoms with van der Waals surface area (Å²) in [5, 5.41) is 22.4. The van der Waals surface area contributed by atoms with Gasteiger partial charge in [0.2, 0.25) is 23.7 Å². The number of pyridine rings is 5. The van der Waals surface area contributed by atoms with Gasteiger partial charge in [-0.2, -0.15) is 4.98 Å². The first-order chi connectivity index (χ1) is 64.4. The summed E-state index contributed by atoms with van der Waals surface area (Å²) in [5.74, 6) is 1.39. The number of methoxy groups -OCH3 is 6. The number of likely N-dealkylation sites (N-methyl/N-ethyl adjacent to an activating group) is 3. The van der Waals surface area contributed by atoms with E-state index in [-0.39, 0.29) is 116 Å². The number of carbonyl (C=O) groups is 4. The van der Waals surface area contributed by atoms with Crippen LogP contribution in [0.3, 0.4) is 0 Å². The Kier molecular flexibility index (Phi) is 33.7. The lowest BCUT2D eigenvalue weighted by atomic mass is 9.99. The van der Waals surface area contributed by atoms with Crippen LogP contribution in [-0.4, -0.2) is 271 Å². The average Bonchev–Trinajstić information content (AvgIpc) is 1.47. The molecule has 15 rings (SSSR count). The highest BCUT2D eigenvalue weighted by molar-refractivity contribution is 6.42. The van der Waals surface area contributed by atoms with Crippen molar-refractivity contribution in [1.82, 2.24) is 68.5 Å². The molecule has 42 heteroatoms. The van der Waals surface area contributed by atoms with Gasteiger partial charge in [-0.1, -0.05) is 58.0 Å². The third-order valence-corrected chi connectivity index (χ3v) is 24.3. The predicted molar refractivity (Wildman–Crippen MR) is 510 cm³/mol. The lowest BCUT2D eigenvalue weighted by molar-refractivity contribution is -0.880. The summed E-state index contributed by atoms with van der Waals surface area (Å²) in [4.78, 5) is 139. The molecule has 0 aliphatic carbocycles. The van der Waals surface area contributed by atoms with Gasteiger partial charge < -0.3 is 110 Å². The van der Waals surface area contributed by atoms with Crippen LogP contribution in [0.1, 0.15) is 56.2 Å². The van der Waals surface area contributed by atoms with Crippen LogP contribution < -0.4 is 82.3 Å². The van der Waals surface area contributed by atoms with Gasteiger partial charge in [-0.3, -0.25) is 33.8 Å². The Balaban J connectivity index is 0.000000182. The summed E-state index contributed by atoms with van der Waals surface area (Å²) < 4.78 is 67.1. The number of nitrogens with one attached hydrogen (secondary N) is 3. The minimum atomic E-state index is -1.02. The van der Waals surface area contributed by atoms with Gasteiger partial charge >= 0.3 is 11.9 Å². The Morgan fingerprint density at radius 2 is 1.11 bits per heavy atom. The third-order valence-electron chi connectivity index (χ3n) is 23.2. The first-order valence-corrected chi connectivity index (χ1v) is 44.0. The normalized spacial score (nSPS) is 15.3. The first-order valence-electron chi connectivity index (χ1n) is 42.8. The highest BCUT2D eigenvalue weighted by Gasteiger charge is 2.44. The molecule has 0 bridgehead atoms. The zero-order valence-electron chi connectivity index (χ0n) is 76.7. The van der Waals surface area contributed by atoms with Crippen LogP contribution in [0.2, 0.25) is 15.1 Å². The number of anilines is 7. The largest absolute Gasteiger partial charge is 1.00 e. The minimum absolute atomic E-state index is 0. The SMILES string of the molecule is CNc1ncc2c(n1)N([C@H]1CCN(C(=O)/C=C/C[N+](C)(C)CC3=C([N+](=O)[O-])N=CC3)C1)C(=O)N(c1c(Cl)c(OC)cc(OC)c1Cl)C2.COc1cc(OC)c(Cl)c(-c2cc3cnc(Nc4ccccn4)cc3n(C3CCN(C(=O)/C=C/CN(C)C)CC3)c2=O)c1.COc1cc(OC)c(F)c(-c2cc3cnc(Nc4ccncn4)cc3n(C3CCN(C(=O)/C=C/CN(C)C)CC3)c2=O)c1F.[Br-]. The molecule has 7 aromatic heterocycles. The number of aromatic nitrogens is 9. The molecule has 712 valence electrons. The van der Waals surface area contributed by atoms with Gasteiger partial charge in [-0.05, 0) is 108 Å². The van der Waals surface area contributed by atoms with Gasteiger partial charge in [-0.25, -0.2) is 43.5 Å². The van der Waals surface area contributed by atoms with E-state index in [1.807, 2.05) is 91.9 Å². The van der Waals surface area contributed by atoms with E-state index in [1.165, 1.54) is 65.1 Å². The van der Waals surface area contributed by atoms with E-state index in [2.05, 4.69) is 55.8 Å². The number of hydrogen-bond donors (Lipinski definition) is 3. The smallest absolute Gasteiger partial charge is 0.368 e. The number of amides is 5. The number of likely N-dealkylation sites (tertiary alicyclic amines) is 3. The van der Waals surface area contributed by atoms with E-state index in [0.29, 0.717) is 187 Å². The number of nitrogens with zero attached hydrogens (tertiary/aromatic N) is 19. The maximum absolute atomic E-state index is 15.6. The Morgan fingerprint density at radius 1 is 0.593 bits per heavy atom. The van der Waals surface area contributed by atoms with Gasteiger partial charge in [-0.15, -0.1) is 0 Å². The Bertz CT molecular complexity index is 6300. The predicted octanol–water partition coefficient (Wildman–Crippen LogP) is 10.3. The van der Waals surface area contributed by atoms with Crippen molar-refractivity contribution < 1.29 is 82.8 Å². The molecule has 3 fully saturated rings. The molecule has 3 N–H and O–H groups in total. The van der Waals surface area contributed by atoms with Crippen LogP contribution >= 0.6 is 34.8 Å². The van der Waals surface area contributed by atoms with Crippen molar-refractivity contribution in [1.29, 1.82) is 0 Å². The number of urea groups is 1. The number of halogens is 6. The van der Waals surface area contributed by atoms with Gasteiger partial charge in [0.25, 0.3) is 11.1 Å². The second kappa shape index (κ2) is 45.1. The molecule has 3 saturated heterocycles. The monoisotopic (exact) mass is 1970 g/mol. The molecule has 12 heterocycles. The number of nitro groups is 1. The van der Waals surface area contributed by atoms with E-state index in [0.717, 1.165) is 17.0 Å². The Hall–Kier alpha value is -13.3. The molecule has 5 aliphatic rings. The molecular weight excluding hydrogens is 1870 g/mol. The number of piperidine rings is 2. The summed E-state index contributed by atoms with van der Waals surface area (Å²) in [6.07, 6.45) is 24.3. The number of benzene rings is 3. The fraction of sp³-hybridized carbons (Fsp3) is 0.355. The summed E-state index contributed by atoms with van der Waals surface area (Å²) in [6, 6.07) is 18.7. The molecule has 5 amide bonds. The van der Waals surface area contributed by atoms with Crippen LogP contribution in [0.4, 0.5) is 54.3 Å². The summed E-state index contributed by atoms with van der Waals surface area (Å²) in [5.41, 5.74) is 2.14. The molecule has 1 atom stereocenters. The number of hydrogen-bond acceptors (Lipinski definition) is 27. The van der Waals surface area contributed by atoms with Crippen LogP contribution in [0, 0.1) is 21.7 Å². The maximum atomic E-state index is 15.6. The molecule has 0 unspecified atom stereocenters. The van der Waals surface area contributed by atoms with Crippen molar-refractivity contribution in [2.24, 2.45) is 4.99 Å². The highest BCUT2D eigenvalue weighted by Crippen LogP contribution is 2.49. The van der Waals surface area contributed by atoms with Crippen LogP contribution in [-0.2, 0) is 20.9 Å². The average molecular weight is 1980 g/mol. The van der Waals surface area contributed by atoms with Crippen molar-refractivity contribution in [3.63, 3.8) is 0 Å². The molecule has 10 aromatic rings. The number of carbonyl (C=O) groups excluding carboxylic acids is 4. The number of aliphatic imine (C=N–C) groups is 1. The van der Waals surface area contributed by atoms with E-state index in [1.54, 1.807) is 125 Å². The van der Waals surface area contributed by atoms with Crippen LogP contribution in [0.5, 0.6) is 34.5 Å². The first kappa shape index (κ1) is 101. The number of rotatable bonds is 29. The van der Waals surface area contributed by atoms with Gasteiger partial charge in [0.15, 0.2) is 23.1 Å². The lowest BCUT2D eigenvalue weighted by Crippen LogP contribution is -3.00. The Labute approximate surface area is 802 Å². The molecule has 5 aliphatic heterocycles. The summed E-state index contributed by atoms with van der Waals surface area (Å²) in [7, 11) is 21.8. The van der Waals surface area contributed by atoms with Crippen molar-refractivity contribution in [2.45, 2.75) is 63.2 Å². The number of quaternary nitrogens is 1. The fourth-order valence-corrected chi connectivity index (χ4v) is 17.5. The quantitative estimate of drug-likeness (QED) is 0.0170. The van der Waals surface area contributed by atoms with Gasteiger partial charge in [0.1, 0.15) is 81.2 Å². The second-order valence-electron chi connectivity index (χ2n) is 33.1. The fourth-order valence-electron chi connectivity index (χ4n) is 16.5. The molecule has 0 radical (unpaired) electrons. The summed E-state index contributed by atoms with van der Waals surface area (Å²) in [6.45, 7) is 4.87. The molecule has 3 aromatic carbocycles. The maximum Gasteiger partial charge on any atom is 0.368 e.